The van der Waals surface area contributed by atoms with Gasteiger partial charge in [0.05, 0.1) is 6.61 Å². The number of halogens is 1. The topological polar surface area (TPSA) is 21.3 Å². The van der Waals surface area contributed by atoms with Crippen LogP contribution in [0.1, 0.15) is 12.8 Å². The predicted molar refractivity (Wildman–Crippen MR) is 51.4 cm³/mol. The largest absolute Gasteiger partial charge is 0.376 e. The van der Waals surface area contributed by atoms with Crippen molar-refractivity contribution in [3.05, 3.63) is 11.6 Å². The Balaban J connectivity index is 1.91. The standard InChI is InChI=1S/C9H16ClNO/c1-8(10)7-12-5-3-9-2-4-11-6-9/h9,11H,1-7H2. The van der Waals surface area contributed by atoms with Gasteiger partial charge in [-0.25, -0.2) is 0 Å². The van der Waals surface area contributed by atoms with Crippen LogP contribution in [-0.2, 0) is 4.74 Å². The number of ether oxygens (including phenoxy) is 1. The Kier molecular flexibility index (Phi) is 4.66. The summed E-state index contributed by atoms with van der Waals surface area (Å²) in [7, 11) is 0. The molecule has 70 valence electrons. The lowest BCUT2D eigenvalue weighted by Crippen LogP contribution is -2.11. The van der Waals surface area contributed by atoms with Crippen LogP contribution in [0.3, 0.4) is 0 Å². The highest BCUT2D eigenvalue weighted by molar-refractivity contribution is 6.29. The first kappa shape index (κ1) is 10.0. The lowest BCUT2D eigenvalue weighted by Gasteiger charge is -2.07. The molecule has 0 radical (unpaired) electrons. The normalized spacial score (nSPS) is 22.9. The molecule has 3 heteroatoms. The molecule has 1 unspecified atom stereocenters. The summed E-state index contributed by atoms with van der Waals surface area (Å²) in [5.41, 5.74) is 0. The number of hydrogen-bond acceptors (Lipinski definition) is 2. The van der Waals surface area contributed by atoms with Gasteiger partial charge in [-0.05, 0) is 31.8 Å². The first-order chi connectivity index (χ1) is 5.79. The molecule has 1 aliphatic rings. The van der Waals surface area contributed by atoms with Gasteiger partial charge < -0.3 is 10.1 Å². The van der Waals surface area contributed by atoms with Gasteiger partial charge in [0.15, 0.2) is 0 Å². The minimum Gasteiger partial charge on any atom is -0.376 e. The van der Waals surface area contributed by atoms with Crippen molar-refractivity contribution in [1.29, 1.82) is 0 Å². The third-order valence-corrected chi connectivity index (χ3v) is 2.20. The third kappa shape index (κ3) is 4.10. The fourth-order valence-corrected chi connectivity index (χ4v) is 1.47. The van der Waals surface area contributed by atoms with Gasteiger partial charge in [-0.1, -0.05) is 18.2 Å². The SMILES string of the molecule is C=C(Cl)COCCC1CCNC1. The fraction of sp³-hybridized carbons (Fsp3) is 0.778. The van der Waals surface area contributed by atoms with Crippen LogP contribution in [0.2, 0.25) is 0 Å². The second kappa shape index (κ2) is 5.57. The molecular formula is C9H16ClNO. The Morgan fingerprint density at radius 1 is 1.67 bits per heavy atom. The third-order valence-electron chi connectivity index (χ3n) is 2.09. The van der Waals surface area contributed by atoms with Crippen molar-refractivity contribution in [2.45, 2.75) is 12.8 Å². The molecule has 1 heterocycles. The molecule has 12 heavy (non-hydrogen) atoms. The van der Waals surface area contributed by atoms with E-state index in [2.05, 4.69) is 11.9 Å². The minimum absolute atomic E-state index is 0.488. The van der Waals surface area contributed by atoms with Gasteiger partial charge in [0.2, 0.25) is 0 Å². The van der Waals surface area contributed by atoms with Crippen molar-refractivity contribution in [3.63, 3.8) is 0 Å². The maximum absolute atomic E-state index is 5.54. The molecule has 0 aromatic rings. The minimum atomic E-state index is 0.488. The Hall–Kier alpha value is -0.0500. The summed E-state index contributed by atoms with van der Waals surface area (Å²) in [6.07, 6.45) is 2.42. The van der Waals surface area contributed by atoms with Crippen molar-refractivity contribution >= 4 is 11.6 Å². The molecule has 1 atom stereocenters. The zero-order valence-corrected chi connectivity index (χ0v) is 8.07. The highest BCUT2D eigenvalue weighted by Gasteiger charge is 2.13. The van der Waals surface area contributed by atoms with Crippen molar-refractivity contribution in [1.82, 2.24) is 5.32 Å². The summed E-state index contributed by atoms with van der Waals surface area (Å²) >= 11 is 5.54. The van der Waals surface area contributed by atoms with E-state index in [0.717, 1.165) is 32.0 Å². The highest BCUT2D eigenvalue weighted by Crippen LogP contribution is 2.12. The van der Waals surface area contributed by atoms with E-state index in [1.54, 1.807) is 0 Å². The van der Waals surface area contributed by atoms with Gasteiger partial charge in [0.25, 0.3) is 0 Å². The monoisotopic (exact) mass is 189 g/mol. The first-order valence-corrected chi connectivity index (χ1v) is 4.78. The zero-order valence-electron chi connectivity index (χ0n) is 7.31. The average Bonchev–Trinajstić information content (AvgIpc) is 2.49. The van der Waals surface area contributed by atoms with Gasteiger partial charge in [-0.3, -0.25) is 0 Å². The van der Waals surface area contributed by atoms with E-state index in [1.807, 2.05) is 0 Å². The molecule has 0 bridgehead atoms. The summed E-state index contributed by atoms with van der Waals surface area (Å²) < 4.78 is 5.30. The molecule has 0 saturated carbocycles. The molecule has 0 aliphatic carbocycles. The first-order valence-electron chi connectivity index (χ1n) is 4.41. The number of nitrogens with one attached hydrogen (secondary N) is 1. The highest BCUT2D eigenvalue weighted by atomic mass is 35.5. The van der Waals surface area contributed by atoms with Crippen LogP contribution in [0, 0.1) is 5.92 Å². The van der Waals surface area contributed by atoms with E-state index >= 15 is 0 Å². The van der Waals surface area contributed by atoms with Crippen LogP contribution in [0.5, 0.6) is 0 Å². The van der Waals surface area contributed by atoms with Crippen molar-refractivity contribution in [2.24, 2.45) is 5.92 Å². The van der Waals surface area contributed by atoms with Crippen LogP contribution in [0.4, 0.5) is 0 Å². The van der Waals surface area contributed by atoms with E-state index in [1.165, 1.54) is 6.42 Å². The summed E-state index contributed by atoms with van der Waals surface area (Å²) in [6, 6.07) is 0. The summed E-state index contributed by atoms with van der Waals surface area (Å²) in [6.45, 7) is 7.15. The molecule has 0 amide bonds. The number of rotatable bonds is 5. The van der Waals surface area contributed by atoms with Crippen LogP contribution in [-0.4, -0.2) is 26.3 Å². The molecule has 0 aromatic carbocycles. The van der Waals surface area contributed by atoms with E-state index in [4.69, 9.17) is 16.3 Å². The van der Waals surface area contributed by atoms with Gasteiger partial charge in [0.1, 0.15) is 0 Å². The molecular weight excluding hydrogens is 174 g/mol. The van der Waals surface area contributed by atoms with Gasteiger partial charge in [-0.2, -0.15) is 0 Å². The summed E-state index contributed by atoms with van der Waals surface area (Å²) in [4.78, 5) is 0. The Labute approximate surface area is 78.9 Å². The van der Waals surface area contributed by atoms with Crippen molar-refractivity contribution < 1.29 is 4.74 Å². The summed E-state index contributed by atoms with van der Waals surface area (Å²) in [5.74, 6) is 0.800. The zero-order chi connectivity index (χ0) is 8.81. The van der Waals surface area contributed by atoms with E-state index in [9.17, 15) is 0 Å². The lowest BCUT2D eigenvalue weighted by atomic mass is 10.1. The van der Waals surface area contributed by atoms with Crippen LogP contribution in [0.25, 0.3) is 0 Å². The molecule has 0 spiro atoms. The van der Waals surface area contributed by atoms with Crippen LogP contribution >= 0.6 is 11.6 Å². The molecule has 2 nitrogen and oxygen atoms in total. The molecule has 1 fully saturated rings. The molecule has 1 saturated heterocycles. The van der Waals surface area contributed by atoms with Crippen molar-refractivity contribution in [3.8, 4) is 0 Å². The molecule has 1 aliphatic heterocycles. The van der Waals surface area contributed by atoms with Crippen LogP contribution in [0.15, 0.2) is 11.6 Å². The lowest BCUT2D eigenvalue weighted by molar-refractivity contribution is 0.145. The van der Waals surface area contributed by atoms with Gasteiger partial charge in [-0.15, -0.1) is 0 Å². The second-order valence-electron chi connectivity index (χ2n) is 3.22. The van der Waals surface area contributed by atoms with E-state index in [0.29, 0.717) is 11.6 Å². The predicted octanol–water partition coefficient (Wildman–Crippen LogP) is 1.76. The Bertz CT molecular complexity index is 143. The number of hydrogen-bond donors (Lipinski definition) is 1. The maximum atomic E-state index is 5.54. The average molecular weight is 190 g/mol. The molecule has 0 aromatic heterocycles. The van der Waals surface area contributed by atoms with Crippen LogP contribution < -0.4 is 5.32 Å². The quantitative estimate of drug-likeness (QED) is 0.666. The summed E-state index contributed by atoms with van der Waals surface area (Å²) in [5, 5.41) is 3.91. The van der Waals surface area contributed by atoms with E-state index in [-0.39, 0.29) is 0 Å². The fourth-order valence-electron chi connectivity index (χ4n) is 1.39. The van der Waals surface area contributed by atoms with Gasteiger partial charge >= 0.3 is 0 Å². The Morgan fingerprint density at radius 3 is 3.08 bits per heavy atom. The molecule has 1 N–H and O–H groups in total. The second-order valence-corrected chi connectivity index (χ2v) is 3.75. The smallest absolute Gasteiger partial charge is 0.0817 e. The molecule has 1 rings (SSSR count). The van der Waals surface area contributed by atoms with Crippen molar-refractivity contribution in [2.75, 3.05) is 26.3 Å². The maximum Gasteiger partial charge on any atom is 0.0817 e. The van der Waals surface area contributed by atoms with Gasteiger partial charge in [0, 0.05) is 11.6 Å². The Morgan fingerprint density at radius 2 is 2.50 bits per heavy atom. The van der Waals surface area contributed by atoms with E-state index < -0.39 is 0 Å².